The Morgan fingerprint density at radius 2 is 2.07 bits per heavy atom. The van der Waals surface area contributed by atoms with Gasteiger partial charge in [-0.2, -0.15) is 0 Å². The van der Waals surface area contributed by atoms with Crippen molar-refractivity contribution in [2.24, 2.45) is 5.92 Å². The highest BCUT2D eigenvalue weighted by atomic mass is 16.5. The second kappa shape index (κ2) is 8.12. The SMILES string of the molecule is CCCCCCC1OCCC1CNCC. The smallest absolute Gasteiger partial charge is 0.0616 e. The van der Waals surface area contributed by atoms with Gasteiger partial charge in [0, 0.05) is 13.2 Å². The summed E-state index contributed by atoms with van der Waals surface area (Å²) in [5.74, 6) is 0.770. The van der Waals surface area contributed by atoms with E-state index in [0.29, 0.717) is 6.10 Å². The summed E-state index contributed by atoms with van der Waals surface area (Å²) in [4.78, 5) is 0. The number of hydrogen-bond donors (Lipinski definition) is 1. The minimum absolute atomic E-state index is 0.543. The molecule has 0 aromatic heterocycles. The van der Waals surface area contributed by atoms with E-state index in [4.69, 9.17) is 4.74 Å². The molecule has 0 radical (unpaired) electrons. The summed E-state index contributed by atoms with van der Waals surface area (Å²) in [6, 6.07) is 0. The van der Waals surface area contributed by atoms with Crippen molar-refractivity contribution in [3.8, 4) is 0 Å². The Morgan fingerprint density at radius 3 is 2.80 bits per heavy atom. The summed E-state index contributed by atoms with van der Waals surface area (Å²) in [7, 11) is 0. The molecule has 2 unspecified atom stereocenters. The normalized spacial score (nSPS) is 26.0. The van der Waals surface area contributed by atoms with Gasteiger partial charge in [0.05, 0.1) is 6.10 Å². The first-order chi connectivity index (χ1) is 7.38. The van der Waals surface area contributed by atoms with Gasteiger partial charge in [-0.05, 0) is 25.3 Å². The molecule has 1 fully saturated rings. The standard InChI is InChI=1S/C13H27NO/c1-3-5-6-7-8-13-12(9-10-15-13)11-14-4-2/h12-14H,3-11H2,1-2H3. The van der Waals surface area contributed by atoms with Crippen LogP contribution in [0.3, 0.4) is 0 Å². The van der Waals surface area contributed by atoms with Crippen LogP contribution in [0.15, 0.2) is 0 Å². The van der Waals surface area contributed by atoms with Gasteiger partial charge in [-0.1, -0.05) is 39.5 Å². The molecule has 1 rings (SSSR count). The average molecular weight is 213 g/mol. The van der Waals surface area contributed by atoms with Gasteiger partial charge >= 0.3 is 0 Å². The third kappa shape index (κ3) is 4.98. The molecule has 2 atom stereocenters. The van der Waals surface area contributed by atoms with E-state index in [9.17, 15) is 0 Å². The Kier molecular flexibility index (Phi) is 7.03. The molecular weight excluding hydrogens is 186 g/mol. The Hall–Kier alpha value is -0.0800. The van der Waals surface area contributed by atoms with Crippen LogP contribution in [0, 0.1) is 5.92 Å². The molecule has 0 spiro atoms. The molecule has 0 aromatic carbocycles. The molecule has 1 N–H and O–H groups in total. The summed E-state index contributed by atoms with van der Waals surface area (Å²) < 4.78 is 5.80. The zero-order valence-electron chi connectivity index (χ0n) is 10.4. The average Bonchev–Trinajstić information content (AvgIpc) is 2.69. The number of ether oxygens (including phenoxy) is 1. The largest absolute Gasteiger partial charge is 0.378 e. The number of unbranched alkanes of at least 4 members (excludes halogenated alkanes) is 3. The summed E-state index contributed by atoms with van der Waals surface area (Å²) in [6.07, 6.45) is 8.50. The number of nitrogens with one attached hydrogen (secondary N) is 1. The van der Waals surface area contributed by atoms with Crippen molar-refractivity contribution in [2.75, 3.05) is 19.7 Å². The molecular formula is C13H27NO. The fourth-order valence-electron chi connectivity index (χ4n) is 2.35. The highest BCUT2D eigenvalue weighted by Crippen LogP contribution is 2.24. The zero-order chi connectivity index (χ0) is 10.9. The monoisotopic (exact) mass is 213 g/mol. The van der Waals surface area contributed by atoms with Crippen molar-refractivity contribution >= 4 is 0 Å². The van der Waals surface area contributed by atoms with Crippen molar-refractivity contribution in [1.29, 1.82) is 0 Å². The van der Waals surface area contributed by atoms with Gasteiger partial charge in [0.25, 0.3) is 0 Å². The Balaban J connectivity index is 2.09. The third-order valence-corrected chi connectivity index (χ3v) is 3.35. The van der Waals surface area contributed by atoms with E-state index in [1.165, 1.54) is 38.5 Å². The molecule has 1 aliphatic heterocycles. The molecule has 0 amide bonds. The lowest BCUT2D eigenvalue weighted by atomic mass is 9.96. The van der Waals surface area contributed by atoms with Crippen LogP contribution >= 0.6 is 0 Å². The molecule has 0 aromatic rings. The molecule has 0 saturated carbocycles. The molecule has 1 saturated heterocycles. The van der Waals surface area contributed by atoms with E-state index in [0.717, 1.165) is 25.6 Å². The van der Waals surface area contributed by atoms with Gasteiger partial charge < -0.3 is 10.1 Å². The van der Waals surface area contributed by atoms with Crippen molar-refractivity contribution < 1.29 is 4.74 Å². The molecule has 2 nitrogen and oxygen atoms in total. The summed E-state index contributed by atoms with van der Waals surface area (Å²) in [6.45, 7) is 7.65. The molecule has 0 aliphatic carbocycles. The van der Waals surface area contributed by atoms with Crippen molar-refractivity contribution in [1.82, 2.24) is 5.32 Å². The lowest BCUT2D eigenvalue weighted by Crippen LogP contribution is -2.28. The predicted octanol–water partition coefficient (Wildman–Crippen LogP) is 2.97. The van der Waals surface area contributed by atoms with E-state index in [2.05, 4.69) is 19.2 Å². The maximum atomic E-state index is 5.80. The maximum Gasteiger partial charge on any atom is 0.0616 e. The Bertz CT molecular complexity index is 149. The van der Waals surface area contributed by atoms with Crippen LogP contribution < -0.4 is 5.32 Å². The van der Waals surface area contributed by atoms with E-state index in [-0.39, 0.29) is 0 Å². The highest BCUT2D eigenvalue weighted by molar-refractivity contribution is 4.77. The van der Waals surface area contributed by atoms with Crippen LogP contribution in [0.4, 0.5) is 0 Å². The number of hydrogen-bond acceptors (Lipinski definition) is 2. The molecule has 1 aliphatic rings. The predicted molar refractivity (Wildman–Crippen MR) is 65.1 cm³/mol. The van der Waals surface area contributed by atoms with Gasteiger partial charge in [-0.3, -0.25) is 0 Å². The van der Waals surface area contributed by atoms with E-state index >= 15 is 0 Å². The lowest BCUT2D eigenvalue weighted by molar-refractivity contribution is 0.0810. The first-order valence-electron chi connectivity index (χ1n) is 6.70. The zero-order valence-corrected chi connectivity index (χ0v) is 10.4. The van der Waals surface area contributed by atoms with Crippen LogP contribution in [-0.2, 0) is 4.74 Å². The van der Waals surface area contributed by atoms with Gasteiger partial charge in [0.15, 0.2) is 0 Å². The summed E-state index contributed by atoms with van der Waals surface area (Å²) >= 11 is 0. The lowest BCUT2D eigenvalue weighted by Gasteiger charge is -2.18. The van der Waals surface area contributed by atoms with Crippen LogP contribution in [0.5, 0.6) is 0 Å². The molecule has 2 heteroatoms. The molecule has 1 heterocycles. The van der Waals surface area contributed by atoms with Crippen LogP contribution in [0.25, 0.3) is 0 Å². The number of rotatable bonds is 8. The van der Waals surface area contributed by atoms with Gasteiger partial charge in [-0.15, -0.1) is 0 Å². The Morgan fingerprint density at radius 1 is 1.20 bits per heavy atom. The minimum atomic E-state index is 0.543. The topological polar surface area (TPSA) is 21.3 Å². The van der Waals surface area contributed by atoms with Crippen LogP contribution in [0.2, 0.25) is 0 Å². The fraction of sp³-hybridized carbons (Fsp3) is 1.00. The maximum absolute atomic E-state index is 5.80. The summed E-state index contributed by atoms with van der Waals surface area (Å²) in [5.41, 5.74) is 0. The first-order valence-corrected chi connectivity index (χ1v) is 6.70. The summed E-state index contributed by atoms with van der Waals surface area (Å²) in [5, 5.41) is 3.44. The minimum Gasteiger partial charge on any atom is -0.378 e. The van der Waals surface area contributed by atoms with E-state index < -0.39 is 0 Å². The first kappa shape index (κ1) is 13.0. The van der Waals surface area contributed by atoms with E-state index in [1.54, 1.807) is 0 Å². The van der Waals surface area contributed by atoms with Crippen LogP contribution in [-0.4, -0.2) is 25.8 Å². The third-order valence-electron chi connectivity index (χ3n) is 3.35. The quantitative estimate of drug-likeness (QED) is 0.626. The second-order valence-electron chi connectivity index (χ2n) is 4.62. The van der Waals surface area contributed by atoms with E-state index in [1.807, 2.05) is 0 Å². The van der Waals surface area contributed by atoms with Crippen molar-refractivity contribution in [3.05, 3.63) is 0 Å². The van der Waals surface area contributed by atoms with Crippen LogP contribution in [0.1, 0.15) is 52.4 Å². The fourth-order valence-corrected chi connectivity index (χ4v) is 2.35. The Labute approximate surface area is 94.8 Å². The van der Waals surface area contributed by atoms with Gasteiger partial charge in [0.2, 0.25) is 0 Å². The molecule has 15 heavy (non-hydrogen) atoms. The van der Waals surface area contributed by atoms with Gasteiger partial charge in [-0.25, -0.2) is 0 Å². The highest BCUT2D eigenvalue weighted by Gasteiger charge is 2.26. The van der Waals surface area contributed by atoms with Gasteiger partial charge in [0.1, 0.15) is 0 Å². The molecule has 0 bridgehead atoms. The second-order valence-corrected chi connectivity index (χ2v) is 4.62. The van der Waals surface area contributed by atoms with Crippen molar-refractivity contribution in [3.63, 3.8) is 0 Å². The van der Waals surface area contributed by atoms with Crippen molar-refractivity contribution in [2.45, 2.75) is 58.5 Å². The molecule has 90 valence electrons.